The number of aromatic hydroxyl groups is 1. The van der Waals surface area contributed by atoms with E-state index in [4.69, 9.17) is 17.0 Å². The number of anilines is 1. The zero-order valence-electron chi connectivity index (χ0n) is 13.7. The molecule has 0 fully saturated rings. The molecule has 0 aliphatic heterocycles. The summed E-state index contributed by atoms with van der Waals surface area (Å²) in [5.41, 5.74) is 0.777. The third-order valence-electron chi connectivity index (χ3n) is 3.35. The third kappa shape index (κ3) is 4.46. The lowest BCUT2D eigenvalue weighted by molar-refractivity contribution is -0.384. The second kappa shape index (κ2) is 8.11. The second-order valence-electron chi connectivity index (χ2n) is 5.17. The van der Waals surface area contributed by atoms with Crippen molar-refractivity contribution in [1.82, 2.24) is 5.32 Å². The van der Waals surface area contributed by atoms with Crippen LogP contribution < -0.4 is 15.4 Å². The molecule has 0 spiro atoms. The first-order chi connectivity index (χ1) is 12.2. The number of nitro benzene ring substituents is 1. The SMILES string of the molecule is COc1c(C)cc(Br)cc1C(=O)NC(=S)Nc1cc([N+](=O)[O-])ccc1O. The molecule has 0 radical (unpaired) electrons. The summed E-state index contributed by atoms with van der Waals surface area (Å²) in [6, 6.07) is 6.79. The van der Waals surface area contributed by atoms with Crippen molar-refractivity contribution in [2.75, 3.05) is 12.4 Å². The molecule has 0 heterocycles. The Kier molecular flexibility index (Phi) is 6.11. The highest BCUT2D eigenvalue weighted by Crippen LogP contribution is 2.29. The highest BCUT2D eigenvalue weighted by molar-refractivity contribution is 9.10. The fourth-order valence-corrected chi connectivity index (χ4v) is 3.01. The van der Waals surface area contributed by atoms with Crippen LogP contribution in [0.4, 0.5) is 11.4 Å². The second-order valence-corrected chi connectivity index (χ2v) is 6.49. The monoisotopic (exact) mass is 439 g/mol. The van der Waals surface area contributed by atoms with Crippen LogP contribution in [0.15, 0.2) is 34.8 Å². The first kappa shape index (κ1) is 19.6. The van der Waals surface area contributed by atoms with E-state index >= 15 is 0 Å². The molecule has 0 atom stereocenters. The molecule has 0 aliphatic rings. The van der Waals surface area contributed by atoms with E-state index in [1.165, 1.54) is 7.11 Å². The molecule has 0 aliphatic carbocycles. The van der Waals surface area contributed by atoms with Crippen LogP contribution in [-0.4, -0.2) is 28.2 Å². The van der Waals surface area contributed by atoms with Crippen molar-refractivity contribution in [3.63, 3.8) is 0 Å². The van der Waals surface area contributed by atoms with Gasteiger partial charge in [-0.2, -0.15) is 0 Å². The van der Waals surface area contributed by atoms with Gasteiger partial charge in [0.05, 0.1) is 23.3 Å². The van der Waals surface area contributed by atoms with Crippen LogP contribution in [0.1, 0.15) is 15.9 Å². The molecule has 0 unspecified atom stereocenters. The van der Waals surface area contributed by atoms with Crippen LogP contribution in [0.5, 0.6) is 11.5 Å². The number of methoxy groups -OCH3 is 1. The molecule has 2 aromatic carbocycles. The standard InChI is InChI=1S/C16H14BrN3O5S/c1-8-5-9(17)6-11(14(8)25-2)15(22)19-16(26)18-12-7-10(20(23)24)3-4-13(12)21/h3-7,21H,1-2H3,(H2,18,19,22,26). The van der Waals surface area contributed by atoms with Gasteiger partial charge in [0.15, 0.2) is 5.11 Å². The number of rotatable bonds is 4. The Morgan fingerprint density at radius 3 is 2.65 bits per heavy atom. The zero-order valence-corrected chi connectivity index (χ0v) is 16.1. The molecule has 26 heavy (non-hydrogen) atoms. The molecule has 0 bridgehead atoms. The number of nitro groups is 1. The van der Waals surface area contributed by atoms with Crippen molar-refractivity contribution in [2.24, 2.45) is 0 Å². The molecule has 2 aromatic rings. The lowest BCUT2D eigenvalue weighted by atomic mass is 10.1. The summed E-state index contributed by atoms with van der Waals surface area (Å²) >= 11 is 8.36. The molecule has 2 rings (SSSR count). The fourth-order valence-electron chi connectivity index (χ4n) is 2.23. The quantitative estimate of drug-likeness (QED) is 0.289. The van der Waals surface area contributed by atoms with E-state index in [0.717, 1.165) is 23.8 Å². The summed E-state index contributed by atoms with van der Waals surface area (Å²) in [5.74, 6) is -0.386. The van der Waals surface area contributed by atoms with Gasteiger partial charge in [-0.15, -0.1) is 0 Å². The van der Waals surface area contributed by atoms with Gasteiger partial charge >= 0.3 is 0 Å². The summed E-state index contributed by atoms with van der Waals surface area (Å²) in [6.07, 6.45) is 0. The molecule has 10 heteroatoms. The molecule has 3 N–H and O–H groups in total. The first-order valence-electron chi connectivity index (χ1n) is 7.16. The van der Waals surface area contributed by atoms with Gasteiger partial charge in [-0.05, 0) is 42.9 Å². The van der Waals surface area contributed by atoms with Crippen LogP contribution in [0, 0.1) is 17.0 Å². The lowest BCUT2D eigenvalue weighted by Crippen LogP contribution is -2.34. The van der Waals surface area contributed by atoms with Gasteiger partial charge in [0.2, 0.25) is 0 Å². The van der Waals surface area contributed by atoms with Crippen molar-refractivity contribution >= 4 is 50.5 Å². The van der Waals surface area contributed by atoms with Gasteiger partial charge in [0, 0.05) is 16.6 Å². The number of hydrogen-bond donors (Lipinski definition) is 3. The van der Waals surface area contributed by atoms with Crippen molar-refractivity contribution in [1.29, 1.82) is 0 Å². The van der Waals surface area contributed by atoms with Crippen molar-refractivity contribution in [2.45, 2.75) is 6.92 Å². The van der Waals surface area contributed by atoms with Gasteiger partial charge in [0.25, 0.3) is 11.6 Å². The van der Waals surface area contributed by atoms with E-state index in [1.54, 1.807) is 19.1 Å². The first-order valence-corrected chi connectivity index (χ1v) is 8.37. The molecule has 136 valence electrons. The molecular weight excluding hydrogens is 426 g/mol. The number of carbonyl (C=O) groups is 1. The number of ether oxygens (including phenoxy) is 1. The number of phenolic OH excluding ortho intramolecular Hbond substituents is 1. The fraction of sp³-hybridized carbons (Fsp3) is 0.125. The Hall–Kier alpha value is -2.72. The summed E-state index contributed by atoms with van der Waals surface area (Å²) < 4.78 is 5.94. The van der Waals surface area contributed by atoms with Crippen LogP contribution >= 0.6 is 28.1 Å². The summed E-state index contributed by atoms with van der Waals surface area (Å²) in [6.45, 7) is 1.79. The van der Waals surface area contributed by atoms with Gasteiger partial charge < -0.3 is 15.2 Å². The molecule has 0 saturated carbocycles. The average Bonchev–Trinajstić information content (AvgIpc) is 2.55. The topological polar surface area (TPSA) is 114 Å². The normalized spacial score (nSPS) is 10.1. The molecule has 0 saturated heterocycles. The largest absolute Gasteiger partial charge is 0.506 e. The van der Waals surface area contributed by atoms with E-state index in [0.29, 0.717) is 10.2 Å². The average molecular weight is 440 g/mol. The van der Waals surface area contributed by atoms with Crippen LogP contribution in [0.3, 0.4) is 0 Å². The number of non-ortho nitro benzene ring substituents is 1. The minimum atomic E-state index is -0.610. The number of nitrogens with zero attached hydrogens (tertiary/aromatic N) is 1. The maximum atomic E-state index is 12.5. The number of carbonyl (C=O) groups excluding carboxylic acids is 1. The highest BCUT2D eigenvalue weighted by Gasteiger charge is 2.18. The molecular formula is C16H14BrN3O5S. The maximum Gasteiger partial charge on any atom is 0.271 e. The highest BCUT2D eigenvalue weighted by atomic mass is 79.9. The van der Waals surface area contributed by atoms with Gasteiger partial charge in [0.1, 0.15) is 11.5 Å². The lowest BCUT2D eigenvalue weighted by Gasteiger charge is -2.14. The van der Waals surface area contributed by atoms with Gasteiger partial charge in [-0.3, -0.25) is 20.2 Å². The number of aryl methyl sites for hydroxylation is 1. The Labute approximate surface area is 162 Å². The number of benzene rings is 2. The molecule has 0 aromatic heterocycles. The summed E-state index contributed by atoms with van der Waals surface area (Å²) in [4.78, 5) is 22.7. The van der Waals surface area contributed by atoms with Crippen molar-refractivity contribution in [3.05, 3.63) is 56.0 Å². The smallest absolute Gasteiger partial charge is 0.271 e. The van der Waals surface area contributed by atoms with Gasteiger partial charge in [-0.25, -0.2) is 0 Å². The minimum absolute atomic E-state index is 0.00175. The number of thiocarbonyl (C=S) groups is 1. The van der Waals surface area contributed by atoms with Gasteiger partial charge in [-0.1, -0.05) is 15.9 Å². The third-order valence-corrected chi connectivity index (χ3v) is 4.02. The van der Waals surface area contributed by atoms with Crippen molar-refractivity contribution < 1.29 is 19.6 Å². The summed E-state index contributed by atoms with van der Waals surface area (Å²) in [7, 11) is 1.45. The van der Waals surface area contributed by atoms with Crippen LogP contribution in [-0.2, 0) is 0 Å². The minimum Gasteiger partial charge on any atom is -0.506 e. The van der Waals surface area contributed by atoms with Crippen molar-refractivity contribution in [3.8, 4) is 11.5 Å². The Bertz CT molecular complexity index is 904. The van der Waals surface area contributed by atoms with E-state index in [9.17, 15) is 20.0 Å². The van der Waals surface area contributed by atoms with Crippen LogP contribution in [0.2, 0.25) is 0 Å². The number of phenols is 1. The molecule has 8 nitrogen and oxygen atoms in total. The number of amides is 1. The van der Waals surface area contributed by atoms with E-state index in [1.807, 2.05) is 0 Å². The predicted octanol–water partition coefficient (Wildman–Crippen LogP) is 3.51. The Balaban J connectivity index is 2.20. The number of nitrogens with one attached hydrogen (secondary N) is 2. The number of hydrogen-bond acceptors (Lipinski definition) is 6. The zero-order chi connectivity index (χ0) is 19.4. The Morgan fingerprint density at radius 2 is 2.04 bits per heavy atom. The Morgan fingerprint density at radius 1 is 1.35 bits per heavy atom. The summed E-state index contributed by atoms with van der Waals surface area (Å²) in [5, 5.41) is 25.5. The van der Waals surface area contributed by atoms with E-state index in [2.05, 4.69) is 26.6 Å². The maximum absolute atomic E-state index is 12.5. The van der Waals surface area contributed by atoms with E-state index in [-0.39, 0.29) is 27.8 Å². The number of halogens is 1. The van der Waals surface area contributed by atoms with E-state index < -0.39 is 10.8 Å². The predicted molar refractivity (Wildman–Crippen MR) is 104 cm³/mol. The van der Waals surface area contributed by atoms with Crippen LogP contribution in [0.25, 0.3) is 0 Å². The molecule has 1 amide bonds.